The van der Waals surface area contributed by atoms with Crippen LogP contribution in [0.4, 0.5) is 5.69 Å². The molecule has 0 bridgehead atoms. The Balaban J connectivity index is 1.66. The van der Waals surface area contributed by atoms with Gasteiger partial charge in [0.25, 0.3) is 0 Å². The summed E-state index contributed by atoms with van der Waals surface area (Å²) in [6, 6.07) is 12.9. The van der Waals surface area contributed by atoms with Gasteiger partial charge in [0.2, 0.25) is 5.91 Å². The van der Waals surface area contributed by atoms with Crippen LogP contribution < -0.4 is 10.1 Å². The Labute approximate surface area is 189 Å². The van der Waals surface area contributed by atoms with Crippen molar-refractivity contribution >= 4 is 46.6 Å². The maximum atomic E-state index is 12.4. The monoisotopic (exact) mass is 464 g/mol. The molecule has 0 saturated carbocycles. The fourth-order valence-electron chi connectivity index (χ4n) is 2.85. The Morgan fingerprint density at radius 1 is 1.20 bits per heavy atom. The first-order valence-electron chi connectivity index (χ1n) is 9.42. The van der Waals surface area contributed by atoms with Crippen LogP contribution in [-0.4, -0.2) is 26.4 Å². The van der Waals surface area contributed by atoms with E-state index in [-0.39, 0.29) is 17.8 Å². The van der Waals surface area contributed by atoms with Crippen LogP contribution in [0.5, 0.6) is 5.75 Å². The van der Waals surface area contributed by atoms with E-state index in [1.807, 2.05) is 49.6 Å². The molecule has 0 radical (unpaired) electrons. The van der Waals surface area contributed by atoms with Crippen LogP contribution in [0.15, 0.2) is 47.6 Å². The number of para-hydroxylation sites is 1. The Morgan fingerprint density at radius 3 is 2.70 bits per heavy atom. The second-order valence-electron chi connectivity index (χ2n) is 6.55. The molecular weight excluding hydrogens is 443 g/mol. The molecule has 1 unspecified atom stereocenters. The number of halogens is 2. The molecule has 6 nitrogen and oxygen atoms in total. The van der Waals surface area contributed by atoms with Crippen molar-refractivity contribution < 1.29 is 9.53 Å². The summed E-state index contributed by atoms with van der Waals surface area (Å²) < 4.78 is 8.03. The van der Waals surface area contributed by atoms with Gasteiger partial charge in [0.05, 0.1) is 21.5 Å². The van der Waals surface area contributed by atoms with Crippen molar-refractivity contribution in [1.29, 1.82) is 0 Å². The van der Waals surface area contributed by atoms with Gasteiger partial charge in [0.1, 0.15) is 5.75 Å². The van der Waals surface area contributed by atoms with Crippen LogP contribution >= 0.6 is 35.0 Å². The number of nitrogens with zero attached hydrogens (tertiary/aromatic N) is 3. The topological polar surface area (TPSA) is 69.0 Å². The van der Waals surface area contributed by atoms with Crippen LogP contribution in [0, 0.1) is 6.92 Å². The lowest BCUT2D eigenvalue weighted by Crippen LogP contribution is -2.15. The minimum absolute atomic E-state index is 0.161. The van der Waals surface area contributed by atoms with Crippen LogP contribution in [0.2, 0.25) is 10.0 Å². The number of amides is 1. The third-order valence-corrected chi connectivity index (χ3v) is 6.17. The number of hydrogen-bond donors (Lipinski definition) is 1. The molecule has 0 aliphatic heterocycles. The SMILES string of the molecule is CCn1c(SCC(=O)Nc2cccc(Cl)c2Cl)nnc1C(C)Oc1ccccc1C. The quantitative estimate of drug-likeness (QED) is 0.427. The summed E-state index contributed by atoms with van der Waals surface area (Å²) in [7, 11) is 0. The molecule has 1 amide bonds. The number of aryl methyl sites for hydroxylation is 1. The van der Waals surface area contributed by atoms with Gasteiger partial charge >= 0.3 is 0 Å². The number of nitrogens with one attached hydrogen (secondary N) is 1. The van der Waals surface area contributed by atoms with E-state index in [0.717, 1.165) is 11.3 Å². The van der Waals surface area contributed by atoms with Crippen LogP contribution in [0.1, 0.15) is 31.3 Å². The van der Waals surface area contributed by atoms with Crippen molar-refractivity contribution in [3.63, 3.8) is 0 Å². The summed E-state index contributed by atoms with van der Waals surface area (Å²) in [4.78, 5) is 12.4. The number of aromatic nitrogens is 3. The van der Waals surface area contributed by atoms with E-state index in [1.165, 1.54) is 11.8 Å². The number of thioether (sulfide) groups is 1. The molecule has 2 aromatic carbocycles. The smallest absolute Gasteiger partial charge is 0.234 e. The number of carbonyl (C=O) groups excluding carboxylic acids is 1. The number of carbonyl (C=O) groups is 1. The molecule has 30 heavy (non-hydrogen) atoms. The molecule has 0 fully saturated rings. The van der Waals surface area contributed by atoms with Crippen molar-refractivity contribution in [2.75, 3.05) is 11.1 Å². The minimum atomic E-state index is -0.285. The summed E-state index contributed by atoms with van der Waals surface area (Å²) in [6.07, 6.45) is -0.285. The van der Waals surface area contributed by atoms with Crippen LogP contribution in [-0.2, 0) is 11.3 Å². The average molecular weight is 465 g/mol. The Morgan fingerprint density at radius 2 is 1.97 bits per heavy atom. The molecule has 1 aromatic heterocycles. The lowest BCUT2D eigenvalue weighted by atomic mass is 10.2. The zero-order valence-electron chi connectivity index (χ0n) is 16.9. The van der Waals surface area contributed by atoms with Gasteiger partial charge in [-0.3, -0.25) is 4.79 Å². The number of ether oxygens (including phenoxy) is 1. The van der Waals surface area contributed by atoms with Crippen molar-refractivity contribution in [2.45, 2.75) is 38.6 Å². The Hall–Kier alpha value is -2.22. The van der Waals surface area contributed by atoms with Crippen molar-refractivity contribution in [3.8, 4) is 5.75 Å². The Bertz CT molecular complexity index is 1040. The largest absolute Gasteiger partial charge is 0.482 e. The normalized spacial score (nSPS) is 11.9. The highest BCUT2D eigenvalue weighted by atomic mass is 35.5. The number of rotatable bonds is 8. The fraction of sp³-hybridized carbons (Fsp3) is 0.286. The van der Waals surface area contributed by atoms with Gasteiger partial charge in [0, 0.05) is 6.54 Å². The molecule has 0 spiro atoms. The average Bonchev–Trinajstić information content (AvgIpc) is 3.14. The lowest BCUT2D eigenvalue weighted by molar-refractivity contribution is -0.113. The van der Waals surface area contributed by atoms with Gasteiger partial charge in [-0.25, -0.2) is 0 Å². The van der Waals surface area contributed by atoms with Crippen molar-refractivity contribution in [2.24, 2.45) is 0 Å². The first-order valence-corrected chi connectivity index (χ1v) is 11.2. The van der Waals surface area contributed by atoms with E-state index in [1.54, 1.807) is 18.2 Å². The predicted octanol–water partition coefficient (Wildman–Crippen LogP) is 5.78. The summed E-state index contributed by atoms with van der Waals surface area (Å²) in [5, 5.41) is 12.7. The lowest BCUT2D eigenvalue weighted by Gasteiger charge is -2.17. The second-order valence-corrected chi connectivity index (χ2v) is 8.28. The molecule has 3 aromatic rings. The minimum Gasteiger partial charge on any atom is -0.482 e. The third-order valence-electron chi connectivity index (χ3n) is 4.38. The first-order chi connectivity index (χ1) is 14.4. The van der Waals surface area contributed by atoms with Gasteiger partial charge in [0.15, 0.2) is 17.1 Å². The third kappa shape index (κ3) is 5.28. The molecule has 1 N–H and O–H groups in total. The van der Waals surface area contributed by atoms with E-state index in [4.69, 9.17) is 27.9 Å². The summed E-state index contributed by atoms with van der Waals surface area (Å²) >= 11 is 13.4. The number of hydrogen-bond acceptors (Lipinski definition) is 5. The highest BCUT2D eigenvalue weighted by Gasteiger charge is 2.20. The maximum Gasteiger partial charge on any atom is 0.234 e. The molecule has 0 saturated heterocycles. The maximum absolute atomic E-state index is 12.4. The van der Waals surface area contributed by atoms with Crippen molar-refractivity contribution in [1.82, 2.24) is 14.8 Å². The molecule has 1 atom stereocenters. The van der Waals surface area contributed by atoms with Crippen LogP contribution in [0.3, 0.4) is 0 Å². The predicted molar refractivity (Wildman–Crippen MR) is 122 cm³/mol. The standard InChI is InChI=1S/C21H22Cl2N4O2S/c1-4-27-20(14(3)29-17-11-6-5-8-13(17)2)25-26-21(27)30-12-18(28)24-16-10-7-9-15(22)19(16)23/h5-11,14H,4,12H2,1-3H3,(H,24,28). The molecule has 3 rings (SSSR count). The van der Waals surface area contributed by atoms with Gasteiger partial charge in [-0.05, 0) is 44.5 Å². The fourth-order valence-corrected chi connectivity index (χ4v) is 4.01. The molecule has 9 heteroatoms. The number of anilines is 1. The molecule has 0 aliphatic carbocycles. The van der Waals surface area contributed by atoms with Crippen molar-refractivity contribution in [3.05, 3.63) is 63.9 Å². The van der Waals surface area contributed by atoms with Crippen LogP contribution in [0.25, 0.3) is 0 Å². The molecule has 158 valence electrons. The zero-order chi connectivity index (χ0) is 21.7. The molecule has 0 aliphatic rings. The highest BCUT2D eigenvalue weighted by molar-refractivity contribution is 7.99. The summed E-state index contributed by atoms with van der Waals surface area (Å²) in [5.74, 6) is 1.47. The van der Waals surface area contributed by atoms with E-state index >= 15 is 0 Å². The van der Waals surface area contributed by atoms with E-state index in [0.29, 0.717) is 33.3 Å². The summed E-state index contributed by atoms with van der Waals surface area (Å²) in [6.45, 7) is 6.60. The zero-order valence-corrected chi connectivity index (χ0v) is 19.2. The molecule has 1 heterocycles. The second kappa shape index (κ2) is 10.2. The van der Waals surface area contributed by atoms with Gasteiger partial charge in [-0.15, -0.1) is 10.2 Å². The van der Waals surface area contributed by atoms with E-state index in [2.05, 4.69) is 15.5 Å². The number of benzene rings is 2. The van der Waals surface area contributed by atoms with Gasteiger partial charge in [-0.1, -0.05) is 59.2 Å². The first kappa shape index (κ1) is 22.5. The van der Waals surface area contributed by atoms with Gasteiger partial charge in [-0.2, -0.15) is 0 Å². The van der Waals surface area contributed by atoms with E-state index < -0.39 is 0 Å². The molecular formula is C21H22Cl2N4O2S. The highest BCUT2D eigenvalue weighted by Crippen LogP contribution is 2.30. The Kier molecular flexibility index (Phi) is 7.64. The van der Waals surface area contributed by atoms with E-state index in [9.17, 15) is 4.79 Å². The summed E-state index contributed by atoms with van der Waals surface area (Å²) in [5.41, 5.74) is 1.53. The van der Waals surface area contributed by atoms with Gasteiger partial charge < -0.3 is 14.6 Å².